The molecule has 1 N–H and O–H groups in total. The number of nitrogens with one attached hydrogen (secondary N) is 1. The molecular formula is C16H33N4+3. The Balaban J connectivity index is 0.00000180. The molecule has 4 nitrogen and oxygen atoms in total. The first kappa shape index (κ1) is 18.6. The monoisotopic (exact) mass is 281 g/mol. The normalized spacial score (nSPS) is 16.5. The lowest BCUT2D eigenvalue weighted by Crippen LogP contribution is -3.02. The molecule has 0 aliphatic carbocycles. The highest BCUT2D eigenvalue weighted by Gasteiger charge is 2.12. The number of quaternary nitrogens is 1. The van der Waals surface area contributed by atoms with E-state index in [4.69, 9.17) is 0 Å². The van der Waals surface area contributed by atoms with Gasteiger partial charge in [-0.25, -0.2) is 14.0 Å². The highest BCUT2D eigenvalue weighted by atomic mass is 15.2. The van der Waals surface area contributed by atoms with Crippen molar-refractivity contribution >= 4 is 6.34 Å². The molecule has 0 saturated carbocycles. The Hall–Kier alpha value is -1.42. The van der Waals surface area contributed by atoms with Gasteiger partial charge in [0.05, 0.1) is 20.6 Å². The van der Waals surface area contributed by atoms with Gasteiger partial charge in [0.1, 0.15) is 12.4 Å². The maximum absolute atomic E-state index is 2.29. The van der Waals surface area contributed by atoms with Gasteiger partial charge >= 0.3 is 6.34 Å². The lowest BCUT2D eigenvalue weighted by molar-refractivity contribution is -0.725. The number of hydrogen-bond donors (Lipinski definition) is 1. The number of unbranched alkanes of at least 4 members (excludes halogenated alkanes) is 3. The molecule has 2 heterocycles. The second-order valence-electron chi connectivity index (χ2n) is 5.16. The molecule has 1 aliphatic rings. The molecule has 20 heavy (non-hydrogen) atoms. The third-order valence-corrected chi connectivity index (χ3v) is 3.30. The SMILES string of the molecule is C.C.C[n+]1ccn(CCCCCC[N+]2=C[NH+](C)C=C2)c1. The zero-order chi connectivity index (χ0) is 12.8. The van der Waals surface area contributed by atoms with Gasteiger partial charge in [-0.1, -0.05) is 14.9 Å². The highest BCUT2D eigenvalue weighted by molar-refractivity contribution is 5.38. The lowest BCUT2D eigenvalue weighted by Gasteiger charge is -1.97. The van der Waals surface area contributed by atoms with Crippen molar-refractivity contribution < 1.29 is 14.0 Å². The second kappa shape index (κ2) is 9.48. The van der Waals surface area contributed by atoms with Crippen LogP contribution in [-0.4, -0.2) is 29.1 Å². The highest BCUT2D eigenvalue weighted by Crippen LogP contribution is 2.02. The standard InChI is InChI=1S/C14H24N4.2CH4/c1-15-9-11-17(13-15)7-5-3-4-6-8-18-12-10-16(2)14-18;;/h9-14H,3-8H2,1-2H3;2*1H4/q+2;;/p+1. The van der Waals surface area contributed by atoms with E-state index in [1.165, 1.54) is 30.6 Å². The second-order valence-corrected chi connectivity index (χ2v) is 5.16. The maximum atomic E-state index is 2.29. The molecule has 0 aromatic carbocycles. The first-order valence-corrected chi connectivity index (χ1v) is 6.87. The third kappa shape index (κ3) is 6.15. The predicted molar refractivity (Wildman–Crippen MR) is 84.8 cm³/mol. The predicted octanol–water partition coefficient (Wildman–Crippen LogP) is 1.19. The van der Waals surface area contributed by atoms with Crippen molar-refractivity contribution in [1.29, 1.82) is 0 Å². The van der Waals surface area contributed by atoms with Crippen molar-refractivity contribution in [2.45, 2.75) is 47.1 Å². The number of aryl methyl sites for hydroxylation is 2. The van der Waals surface area contributed by atoms with Crippen LogP contribution in [0.3, 0.4) is 0 Å². The molecule has 0 spiro atoms. The molecule has 0 bridgehead atoms. The molecule has 1 aromatic heterocycles. The van der Waals surface area contributed by atoms with E-state index >= 15 is 0 Å². The van der Waals surface area contributed by atoms with Crippen LogP contribution < -0.4 is 9.47 Å². The Morgan fingerprint density at radius 2 is 1.85 bits per heavy atom. The van der Waals surface area contributed by atoms with Crippen molar-refractivity contribution in [1.82, 2.24) is 4.57 Å². The summed E-state index contributed by atoms with van der Waals surface area (Å²) in [4.78, 5) is 1.36. The van der Waals surface area contributed by atoms with Crippen molar-refractivity contribution in [3.8, 4) is 0 Å². The van der Waals surface area contributed by atoms with E-state index in [0.717, 1.165) is 13.1 Å². The first-order valence-electron chi connectivity index (χ1n) is 6.87. The fourth-order valence-electron chi connectivity index (χ4n) is 2.28. The van der Waals surface area contributed by atoms with Gasteiger partial charge in [-0.3, -0.25) is 0 Å². The van der Waals surface area contributed by atoms with E-state index in [2.05, 4.69) is 65.3 Å². The van der Waals surface area contributed by atoms with Crippen LogP contribution in [0.1, 0.15) is 40.5 Å². The van der Waals surface area contributed by atoms with Crippen LogP contribution in [0.2, 0.25) is 0 Å². The van der Waals surface area contributed by atoms with Gasteiger partial charge in [-0.2, -0.15) is 4.58 Å². The van der Waals surface area contributed by atoms with Crippen LogP contribution in [0, 0.1) is 0 Å². The smallest absolute Gasteiger partial charge is 0.240 e. The molecule has 2 rings (SSSR count). The summed E-state index contributed by atoms with van der Waals surface area (Å²) in [6, 6.07) is 0. The molecule has 1 aromatic rings. The van der Waals surface area contributed by atoms with Crippen molar-refractivity contribution in [2.24, 2.45) is 7.05 Å². The zero-order valence-electron chi connectivity index (χ0n) is 11.5. The fraction of sp³-hybridized carbons (Fsp3) is 0.625. The Bertz CT molecular complexity index is 431. The Morgan fingerprint density at radius 1 is 1.10 bits per heavy atom. The molecule has 114 valence electrons. The van der Waals surface area contributed by atoms with Crippen LogP contribution in [0.5, 0.6) is 0 Å². The topological polar surface area (TPSA) is 16.3 Å². The van der Waals surface area contributed by atoms with Crippen molar-refractivity contribution in [3.05, 3.63) is 31.1 Å². The van der Waals surface area contributed by atoms with Crippen LogP contribution in [-0.2, 0) is 13.6 Å². The molecule has 0 fully saturated rings. The van der Waals surface area contributed by atoms with Gasteiger partial charge in [-0.05, 0) is 19.3 Å². The summed E-state index contributed by atoms with van der Waals surface area (Å²) in [6.45, 7) is 2.30. The van der Waals surface area contributed by atoms with Gasteiger partial charge < -0.3 is 0 Å². The zero-order valence-corrected chi connectivity index (χ0v) is 11.5. The molecule has 0 saturated heterocycles. The van der Waals surface area contributed by atoms with Crippen LogP contribution in [0.4, 0.5) is 0 Å². The van der Waals surface area contributed by atoms with Crippen LogP contribution in [0.15, 0.2) is 31.1 Å². The summed E-state index contributed by atoms with van der Waals surface area (Å²) >= 11 is 0. The summed E-state index contributed by atoms with van der Waals surface area (Å²) in [7, 11) is 4.21. The fourth-order valence-corrected chi connectivity index (χ4v) is 2.28. The largest absolute Gasteiger partial charge is 0.335 e. The summed E-state index contributed by atoms with van der Waals surface area (Å²) in [6.07, 6.45) is 18.2. The summed E-state index contributed by atoms with van der Waals surface area (Å²) < 4.78 is 6.64. The molecule has 0 radical (unpaired) electrons. The van der Waals surface area contributed by atoms with E-state index in [1.807, 2.05) is 0 Å². The molecule has 1 unspecified atom stereocenters. The number of aromatic nitrogens is 2. The minimum absolute atomic E-state index is 0. The number of nitrogens with zero attached hydrogens (tertiary/aromatic N) is 3. The quantitative estimate of drug-likeness (QED) is 0.571. The Kier molecular flexibility index (Phi) is 8.81. The molecular weight excluding hydrogens is 248 g/mol. The summed E-state index contributed by atoms with van der Waals surface area (Å²) in [5, 5.41) is 0. The molecule has 1 atom stereocenters. The Morgan fingerprint density at radius 3 is 2.45 bits per heavy atom. The van der Waals surface area contributed by atoms with E-state index < -0.39 is 0 Å². The Labute approximate surface area is 124 Å². The van der Waals surface area contributed by atoms with Crippen LogP contribution in [0.25, 0.3) is 0 Å². The average Bonchev–Trinajstić information content (AvgIpc) is 2.93. The molecule has 4 heteroatoms. The number of rotatable bonds is 7. The number of imidazole rings is 1. The molecule has 0 amide bonds. The summed E-state index contributed by atoms with van der Waals surface area (Å²) in [5.74, 6) is 0. The van der Waals surface area contributed by atoms with Crippen molar-refractivity contribution in [3.63, 3.8) is 0 Å². The van der Waals surface area contributed by atoms with Gasteiger partial charge in [-0.15, -0.1) is 0 Å². The van der Waals surface area contributed by atoms with Gasteiger partial charge in [0.2, 0.25) is 12.5 Å². The van der Waals surface area contributed by atoms with E-state index in [0.29, 0.717) is 0 Å². The maximum Gasteiger partial charge on any atom is 0.335 e. The van der Waals surface area contributed by atoms with Gasteiger partial charge in [0.25, 0.3) is 0 Å². The summed E-state index contributed by atoms with van der Waals surface area (Å²) in [5.41, 5.74) is 0. The van der Waals surface area contributed by atoms with E-state index in [1.54, 1.807) is 0 Å². The average molecular weight is 281 g/mol. The van der Waals surface area contributed by atoms with Crippen LogP contribution >= 0.6 is 0 Å². The lowest BCUT2D eigenvalue weighted by atomic mass is 10.2. The minimum atomic E-state index is 0. The van der Waals surface area contributed by atoms with Gasteiger partial charge in [0.15, 0.2) is 12.7 Å². The third-order valence-electron chi connectivity index (χ3n) is 3.30. The van der Waals surface area contributed by atoms with E-state index in [-0.39, 0.29) is 14.9 Å². The number of hydrogen-bond acceptors (Lipinski definition) is 0. The first-order chi connectivity index (χ1) is 8.74. The van der Waals surface area contributed by atoms with Gasteiger partial charge in [0, 0.05) is 6.42 Å². The minimum Gasteiger partial charge on any atom is -0.240 e. The van der Waals surface area contributed by atoms with Crippen molar-refractivity contribution in [2.75, 3.05) is 13.6 Å². The van der Waals surface area contributed by atoms with E-state index in [9.17, 15) is 0 Å². The molecule has 1 aliphatic heterocycles.